The lowest BCUT2D eigenvalue weighted by Gasteiger charge is -2.33. The third kappa shape index (κ3) is 2.31. The minimum Gasteiger partial charge on any atom is -0.465 e. The number of nitrogens with zero attached hydrogens (tertiary/aromatic N) is 2. The summed E-state index contributed by atoms with van der Waals surface area (Å²) in [7, 11) is 0. The van der Waals surface area contributed by atoms with E-state index in [2.05, 4.69) is 0 Å². The molecule has 1 aromatic rings. The fraction of sp³-hybridized carbons (Fsp3) is 0.333. The van der Waals surface area contributed by atoms with Crippen molar-refractivity contribution in [2.75, 3.05) is 4.90 Å². The van der Waals surface area contributed by atoms with Gasteiger partial charge in [-0.1, -0.05) is 12.1 Å². The third-order valence-corrected chi connectivity index (χ3v) is 2.13. The molecule has 0 aliphatic heterocycles. The third-order valence-electron chi connectivity index (χ3n) is 2.13. The SMILES string of the molecule is CC(C)(C)N(C(=O)O)c1ccccc1C#N. The largest absolute Gasteiger partial charge is 0.465 e. The van der Waals surface area contributed by atoms with Crippen LogP contribution < -0.4 is 4.90 Å². The van der Waals surface area contributed by atoms with Gasteiger partial charge in [-0.15, -0.1) is 0 Å². The Morgan fingerprint density at radius 3 is 2.38 bits per heavy atom. The molecule has 1 rings (SSSR count). The normalized spacial score (nSPS) is 10.6. The maximum Gasteiger partial charge on any atom is 0.412 e. The molecule has 4 heteroatoms. The number of benzene rings is 1. The number of carbonyl (C=O) groups is 1. The van der Waals surface area contributed by atoms with Gasteiger partial charge in [0.25, 0.3) is 0 Å². The second-order valence-electron chi connectivity index (χ2n) is 4.42. The van der Waals surface area contributed by atoms with Crippen LogP contribution in [0, 0.1) is 11.3 Å². The first-order chi connectivity index (χ1) is 7.38. The van der Waals surface area contributed by atoms with E-state index in [1.807, 2.05) is 6.07 Å². The van der Waals surface area contributed by atoms with Gasteiger partial charge < -0.3 is 5.11 Å². The first-order valence-corrected chi connectivity index (χ1v) is 4.90. The van der Waals surface area contributed by atoms with Crippen molar-refractivity contribution in [2.45, 2.75) is 26.3 Å². The highest BCUT2D eigenvalue weighted by Gasteiger charge is 2.29. The van der Waals surface area contributed by atoms with Gasteiger partial charge in [-0.3, -0.25) is 4.90 Å². The molecule has 0 bridgehead atoms. The first-order valence-electron chi connectivity index (χ1n) is 4.90. The summed E-state index contributed by atoms with van der Waals surface area (Å²) in [5.74, 6) is 0. The molecular weight excluding hydrogens is 204 g/mol. The van der Waals surface area contributed by atoms with Crippen LogP contribution in [0.4, 0.5) is 10.5 Å². The molecule has 4 nitrogen and oxygen atoms in total. The zero-order valence-electron chi connectivity index (χ0n) is 9.56. The molecule has 0 heterocycles. The Balaban J connectivity index is 3.34. The number of anilines is 1. The molecule has 84 valence electrons. The Morgan fingerprint density at radius 2 is 1.94 bits per heavy atom. The van der Waals surface area contributed by atoms with Gasteiger partial charge in [0, 0.05) is 5.54 Å². The van der Waals surface area contributed by atoms with Crippen molar-refractivity contribution in [1.29, 1.82) is 5.26 Å². The fourth-order valence-electron chi connectivity index (χ4n) is 1.51. The maximum atomic E-state index is 11.2. The smallest absolute Gasteiger partial charge is 0.412 e. The Hall–Kier alpha value is -2.02. The van der Waals surface area contributed by atoms with E-state index in [1.165, 1.54) is 4.90 Å². The topological polar surface area (TPSA) is 64.3 Å². The van der Waals surface area contributed by atoms with Crippen LogP contribution in [0.5, 0.6) is 0 Å². The number of hydrogen-bond donors (Lipinski definition) is 1. The van der Waals surface area contributed by atoms with Gasteiger partial charge in [-0.05, 0) is 32.9 Å². The molecule has 0 spiro atoms. The molecule has 0 aromatic heterocycles. The molecule has 0 saturated heterocycles. The summed E-state index contributed by atoms with van der Waals surface area (Å²) >= 11 is 0. The number of nitriles is 1. The van der Waals surface area contributed by atoms with E-state index in [0.29, 0.717) is 11.3 Å². The monoisotopic (exact) mass is 218 g/mol. The highest BCUT2D eigenvalue weighted by molar-refractivity contribution is 5.89. The van der Waals surface area contributed by atoms with Crippen molar-refractivity contribution in [2.24, 2.45) is 0 Å². The fourth-order valence-corrected chi connectivity index (χ4v) is 1.51. The van der Waals surface area contributed by atoms with Gasteiger partial charge in [0.1, 0.15) is 6.07 Å². The van der Waals surface area contributed by atoms with E-state index in [1.54, 1.807) is 45.0 Å². The first kappa shape index (κ1) is 12.1. The number of amides is 1. The van der Waals surface area contributed by atoms with Crippen molar-refractivity contribution in [3.05, 3.63) is 29.8 Å². The van der Waals surface area contributed by atoms with Crippen LogP contribution in [0.3, 0.4) is 0 Å². The molecule has 0 fully saturated rings. The number of para-hydroxylation sites is 1. The molecule has 0 radical (unpaired) electrons. The summed E-state index contributed by atoms with van der Waals surface area (Å²) < 4.78 is 0. The van der Waals surface area contributed by atoms with E-state index in [0.717, 1.165) is 0 Å². The van der Waals surface area contributed by atoms with E-state index in [-0.39, 0.29) is 0 Å². The zero-order valence-corrected chi connectivity index (χ0v) is 9.56. The highest BCUT2D eigenvalue weighted by atomic mass is 16.4. The van der Waals surface area contributed by atoms with E-state index in [4.69, 9.17) is 5.26 Å². The molecule has 1 aromatic carbocycles. The Kier molecular flexibility index (Phi) is 3.19. The van der Waals surface area contributed by atoms with Crippen LogP contribution in [0.15, 0.2) is 24.3 Å². The van der Waals surface area contributed by atoms with Gasteiger partial charge in [-0.25, -0.2) is 4.79 Å². The predicted octanol–water partition coefficient (Wildman–Crippen LogP) is 2.84. The van der Waals surface area contributed by atoms with Crippen LogP contribution in [0.25, 0.3) is 0 Å². The molecule has 1 N–H and O–H groups in total. The Bertz CT molecular complexity index is 441. The van der Waals surface area contributed by atoms with E-state index < -0.39 is 11.6 Å². The van der Waals surface area contributed by atoms with Gasteiger partial charge in [0.2, 0.25) is 0 Å². The Labute approximate surface area is 94.7 Å². The second-order valence-corrected chi connectivity index (χ2v) is 4.42. The molecule has 0 aliphatic rings. The van der Waals surface area contributed by atoms with Crippen molar-refractivity contribution >= 4 is 11.8 Å². The predicted molar refractivity (Wildman–Crippen MR) is 61.4 cm³/mol. The van der Waals surface area contributed by atoms with Crippen LogP contribution in [-0.4, -0.2) is 16.7 Å². The van der Waals surface area contributed by atoms with E-state index >= 15 is 0 Å². The van der Waals surface area contributed by atoms with Crippen LogP contribution in [0.2, 0.25) is 0 Å². The van der Waals surface area contributed by atoms with Crippen LogP contribution in [-0.2, 0) is 0 Å². The summed E-state index contributed by atoms with van der Waals surface area (Å²) in [6, 6.07) is 8.68. The molecule has 0 saturated carbocycles. The molecule has 0 aliphatic carbocycles. The van der Waals surface area contributed by atoms with Gasteiger partial charge >= 0.3 is 6.09 Å². The van der Waals surface area contributed by atoms with E-state index in [9.17, 15) is 9.90 Å². The van der Waals surface area contributed by atoms with Crippen molar-refractivity contribution in [3.63, 3.8) is 0 Å². The average molecular weight is 218 g/mol. The number of rotatable bonds is 1. The summed E-state index contributed by atoms with van der Waals surface area (Å²) in [4.78, 5) is 12.4. The van der Waals surface area contributed by atoms with Crippen LogP contribution >= 0.6 is 0 Å². The second kappa shape index (κ2) is 4.23. The molecular formula is C12H14N2O2. The number of hydrogen-bond acceptors (Lipinski definition) is 2. The zero-order chi connectivity index (χ0) is 12.3. The van der Waals surface area contributed by atoms with Gasteiger partial charge in [-0.2, -0.15) is 5.26 Å². The van der Waals surface area contributed by atoms with Gasteiger partial charge in [0.15, 0.2) is 0 Å². The summed E-state index contributed by atoms with van der Waals surface area (Å²) in [5.41, 5.74) is 0.198. The summed E-state index contributed by atoms with van der Waals surface area (Å²) in [6.07, 6.45) is -1.06. The molecule has 0 atom stereocenters. The van der Waals surface area contributed by atoms with Gasteiger partial charge in [0.05, 0.1) is 11.3 Å². The molecule has 16 heavy (non-hydrogen) atoms. The average Bonchev–Trinajstić information content (AvgIpc) is 2.15. The standard InChI is InChI=1S/C12H14N2O2/c1-12(2,3)14(11(15)16)10-7-5-4-6-9(10)8-13/h4-7H,1-3H3,(H,15,16). The minimum atomic E-state index is -1.06. The van der Waals surface area contributed by atoms with Crippen molar-refractivity contribution in [3.8, 4) is 6.07 Å². The lowest BCUT2D eigenvalue weighted by Crippen LogP contribution is -2.45. The Morgan fingerprint density at radius 1 is 1.38 bits per heavy atom. The lowest BCUT2D eigenvalue weighted by atomic mass is 10.0. The summed E-state index contributed by atoms with van der Waals surface area (Å²) in [5, 5.41) is 18.1. The molecule has 0 unspecified atom stereocenters. The van der Waals surface area contributed by atoms with Crippen molar-refractivity contribution in [1.82, 2.24) is 0 Å². The summed E-state index contributed by atoms with van der Waals surface area (Å²) in [6.45, 7) is 5.36. The molecule has 1 amide bonds. The number of carboxylic acid groups (broad SMARTS) is 1. The minimum absolute atomic E-state index is 0.361. The maximum absolute atomic E-state index is 11.2. The van der Waals surface area contributed by atoms with Crippen molar-refractivity contribution < 1.29 is 9.90 Å². The quantitative estimate of drug-likeness (QED) is 0.788. The van der Waals surface area contributed by atoms with Crippen LogP contribution in [0.1, 0.15) is 26.3 Å². The highest BCUT2D eigenvalue weighted by Crippen LogP contribution is 2.27. The lowest BCUT2D eigenvalue weighted by molar-refractivity contribution is 0.195.